The van der Waals surface area contributed by atoms with Crippen LogP contribution in [0.2, 0.25) is 0 Å². The van der Waals surface area contributed by atoms with E-state index < -0.39 is 0 Å². The third-order valence-corrected chi connectivity index (χ3v) is 4.78. The topological polar surface area (TPSA) is 0 Å². The molecular weight excluding hydrogens is 288 g/mol. The van der Waals surface area contributed by atoms with Crippen molar-refractivity contribution in [3.05, 3.63) is 119 Å². The van der Waals surface area contributed by atoms with Crippen LogP contribution >= 0.6 is 0 Å². The third kappa shape index (κ3) is 2.51. The smallest absolute Gasteiger partial charge is 0.0346 e. The number of benzene rings is 3. The predicted molar refractivity (Wildman–Crippen MR) is 103 cm³/mol. The molecule has 3 aromatic carbocycles. The SMILES string of the molecule is C=C1/C(=C\c2ccc(C)cc2)c2ccccc2C1c1ccccc1. The van der Waals surface area contributed by atoms with E-state index >= 15 is 0 Å². The summed E-state index contributed by atoms with van der Waals surface area (Å²) in [7, 11) is 0. The number of hydrogen-bond donors (Lipinski definition) is 0. The van der Waals surface area contributed by atoms with Gasteiger partial charge >= 0.3 is 0 Å². The molecule has 0 aromatic heterocycles. The van der Waals surface area contributed by atoms with E-state index in [1.54, 1.807) is 0 Å². The zero-order valence-corrected chi connectivity index (χ0v) is 13.9. The lowest BCUT2D eigenvalue weighted by atomic mass is 9.90. The second-order valence-electron chi connectivity index (χ2n) is 6.42. The van der Waals surface area contributed by atoms with Gasteiger partial charge in [-0.3, -0.25) is 0 Å². The molecule has 0 fully saturated rings. The Hall–Kier alpha value is -2.86. The van der Waals surface area contributed by atoms with Gasteiger partial charge in [-0.15, -0.1) is 0 Å². The lowest BCUT2D eigenvalue weighted by Crippen LogP contribution is -1.97. The molecule has 0 radical (unpaired) electrons. The Balaban J connectivity index is 1.85. The van der Waals surface area contributed by atoms with Gasteiger partial charge in [-0.25, -0.2) is 0 Å². The summed E-state index contributed by atoms with van der Waals surface area (Å²) in [5.41, 5.74) is 8.91. The minimum atomic E-state index is 0.249. The molecule has 1 aliphatic carbocycles. The molecule has 0 heteroatoms. The Morgan fingerprint density at radius 3 is 2.21 bits per heavy atom. The molecule has 24 heavy (non-hydrogen) atoms. The van der Waals surface area contributed by atoms with Gasteiger partial charge in [0, 0.05) is 5.92 Å². The van der Waals surface area contributed by atoms with Crippen LogP contribution in [0.5, 0.6) is 0 Å². The van der Waals surface area contributed by atoms with E-state index in [2.05, 4.69) is 98.4 Å². The fourth-order valence-electron chi connectivity index (χ4n) is 3.54. The van der Waals surface area contributed by atoms with Crippen molar-refractivity contribution in [2.24, 2.45) is 0 Å². The summed E-state index contributed by atoms with van der Waals surface area (Å²) in [5, 5.41) is 0. The van der Waals surface area contributed by atoms with E-state index in [4.69, 9.17) is 0 Å². The third-order valence-electron chi connectivity index (χ3n) is 4.78. The van der Waals surface area contributed by atoms with Crippen molar-refractivity contribution < 1.29 is 0 Å². The summed E-state index contributed by atoms with van der Waals surface area (Å²) in [6.45, 7) is 6.57. The Labute approximate surface area is 143 Å². The molecule has 1 aliphatic rings. The lowest BCUT2D eigenvalue weighted by Gasteiger charge is -2.13. The van der Waals surface area contributed by atoms with Crippen LogP contribution in [0.3, 0.4) is 0 Å². The van der Waals surface area contributed by atoms with Gasteiger partial charge in [0.15, 0.2) is 0 Å². The predicted octanol–water partition coefficient (Wildman–Crippen LogP) is 6.24. The molecule has 0 spiro atoms. The molecule has 4 rings (SSSR count). The van der Waals surface area contributed by atoms with Crippen LogP contribution in [0.25, 0.3) is 11.6 Å². The van der Waals surface area contributed by atoms with Crippen molar-refractivity contribution >= 4 is 11.6 Å². The number of aryl methyl sites for hydroxylation is 1. The maximum Gasteiger partial charge on any atom is 0.0346 e. The fourth-order valence-corrected chi connectivity index (χ4v) is 3.54. The molecule has 0 aliphatic heterocycles. The van der Waals surface area contributed by atoms with Crippen LogP contribution in [0, 0.1) is 6.92 Å². The summed E-state index contributed by atoms with van der Waals surface area (Å²) in [6.07, 6.45) is 2.27. The molecular formula is C24H20. The number of allylic oxidation sites excluding steroid dienone is 2. The molecule has 0 N–H and O–H groups in total. The number of rotatable bonds is 2. The molecule has 0 heterocycles. The van der Waals surface area contributed by atoms with Crippen molar-refractivity contribution in [1.29, 1.82) is 0 Å². The van der Waals surface area contributed by atoms with Crippen molar-refractivity contribution in [3.63, 3.8) is 0 Å². The van der Waals surface area contributed by atoms with Crippen molar-refractivity contribution in [3.8, 4) is 0 Å². The monoisotopic (exact) mass is 308 g/mol. The summed E-state index contributed by atoms with van der Waals surface area (Å²) in [6, 6.07) is 28.0. The first-order valence-electron chi connectivity index (χ1n) is 8.36. The summed E-state index contributed by atoms with van der Waals surface area (Å²) < 4.78 is 0. The van der Waals surface area contributed by atoms with Gasteiger partial charge in [0.1, 0.15) is 0 Å². The Bertz CT molecular complexity index is 912. The van der Waals surface area contributed by atoms with Crippen molar-refractivity contribution in [2.45, 2.75) is 12.8 Å². The van der Waals surface area contributed by atoms with E-state index in [0.717, 1.165) is 0 Å². The van der Waals surface area contributed by atoms with Crippen LogP contribution in [0.15, 0.2) is 91.0 Å². The molecule has 1 unspecified atom stereocenters. The Morgan fingerprint density at radius 2 is 1.46 bits per heavy atom. The Morgan fingerprint density at radius 1 is 0.792 bits per heavy atom. The average molecular weight is 308 g/mol. The van der Waals surface area contributed by atoms with Gasteiger partial charge in [0.25, 0.3) is 0 Å². The highest BCUT2D eigenvalue weighted by Crippen LogP contribution is 2.48. The first kappa shape index (κ1) is 14.7. The second-order valence-corrected chi connectivity index (χ2v) is 6.42. The van der Waals surface area contributed by atoms with Crippen molar-refractivity contribution in [1.82, 2.24) is 0 Å². The Kier molecular flexibility index (Phi) is 3.66. The zero-order chi connectivity index (χ0) is 16.5. The van der Waals surface area contributed by atoms with Gasteiger partial charge in [0.2, 0.25) is 0 Å². The molecule has 0 amide bonds. The van der Waals surface area contributed by atoms with Gasteiger partial charge in [-0.05, 0) is 46.4 Å². The minimum Gasteiger partial charge on any atom is -0.0942 e. The van der Waals surface area contributed by atoms with Gasteiger partial charge in [-0.2, -0.15) is 0 Å². The van der Waals surface area contributed by atoms with Crippen LogP contribution < -0.4 is 0 Å². The number of hydrogen-bond acceptors (Lipinski definition) is 0. The summed E-state index contributed by atoms with van der Waals surface area (Å²) in [5.74, 6) is 0.249. The van der Waals surface area contributed by atoms with Gasteiger partial charge in [0.05, 0.1) is 0 Å². The van der Waals surface area contributed by atoms with Crippen LogP contribution in [-0.2, 0) is 0 Å². The van der Waals surface area contributed by atoms with E-state index in [1.165, 1.54) is 39.0 Å². The molecule has 0 bridgehead atoms. The average Bonchev–Trinajstić information content (AvgIpc) is 2.90. The van der Waals surface area contributed by atoms with E-state index in [9.17, 15) is 0 Å². The largest absolute Gasteiger partial charge is 0.0942 e. The van der Waals surface area contributed by atoms with Crippen molar-refractivity contribution in [2.75, 3.05) is 0 Å². The van der Waals surface area contributed by atoms with Crippen LogP contribution in [-0.4, -0.2) is 0 Å². The quantitative estimate of drug-likeness (QED) is 0.526. The van der Waals surface area contributed by atoms with Gasteiger partial charge < -0.3 is 0 Å². The standard InChI is InChI=1S/C24H20/c1-17-12-14-19(15-13-17)16-23-18(2)24(20-8-4-3-5-9-20)22-11-7-6-10-21(22)23/h3-16,24H,2H2,1H3/b23-16+. The van der Waals surface area contributed by atoms with E-state index in [1.807, 2.05) is 0 Å². The normalized spacial score (nSPS) is 18.0. The maximum absolute atomic E-state index is 4.45. The molecule has 3 aromatic rings. The molecule has 0 nitrogen and oxygen atoms in total. The minimum absolute atomic E-state index is 0.249. The fraction of sp³-hybridized carbons (Fsp3) is 0.0833. The first-order valence-corrected chi connectivity index (χ1v) is 8.36. The van der Waals surface area contributed by atoms with Crippen LogP contribution in [0.1, 0.15) is 33.7 Å². The second kappa shape index (κ2) is 5.98. The van der Waals surface area contributed by atoms with E-state index in [0.29, 0.717) is 0 Å². The molecule has 1 atom stereocenters. The summed E-state index contributed by atoms with van der Waals surface area (Å²) >= 11 is 0. The summed E-state index contributed by atoms with van der Waals surface area (Å²) in [4.78, 5) is 0. The van der Waals surface area contributed by atoms with Gasteiger partial charge in [-0.1, -0.05) is 91.0 Å². The van der Waals surface area contributed by atoms with E-state index in [-0.39, 0.29) is 5.92 Å². The molecule has 0 saturated heterocycles. The first-order chi connectivity index (χ1) is 11.7. The highest BCUT2D eigenvalue weighted by molar-refractivity contribution is 5.97. The lowest BCUT2D eigenvalue weighted by molar-refractivity contribution is 1.02. The highest BCUT2D eigenvalue weighted by atomic mass is 14.3. The highest BCUT2D eigenvalue weighted by Gasteiger charge is 2.30. The molecule has 0 saturated carbocycles. The maximum atomic E-state index is 4.45. The molecule has 116 valence electrons. The zero-order valence-electron chi connectivity index (χ0n) is 13.9. The van der Waals surface area contributed by atoms with Crippen LogP contribution in [0.4, 0.5) is 0 Å². The number of fused-ring (bicyclic) bond motifs is 1.